The number of nitrogens with zero attached hydrogens (tertiary/aromatic N) is 3. The van der Waals surface area contributed by atoms with Crippen molar-refractivity contribution in [2.24, 2.45) is 0 Å². The van der Waals surface area contributed by atoms with Crippen LogP contribution in [0.1, 0.15) is 41.1 Å². The van der Waals surface area contributed by atoms with E-state index in [-0.39, 0.29) is 17.6 Å². The van der Waals surface area contributed by atoms with Crippen LogP contribution < -0.4 is 5.32 Å². The summed E-state index contributed by atoms with van der Waals surface area (Å²) in [5, 5.41) is 7.23. The molecule has 2 aliphatic rings. The molecule has 7 heteroatoms. The second-order valence-corrected chi connectivity index (χ2v) is 7.33. The van der Waals surface area contributed by atoms with Gasteiger partial charge in [-0.25, -0.2) is 0 Å². The highest BCUT2D eigenvalue weighted by Crippen LogP contribution is 2.35. The predicted octanol–water partition coefficient (Wildman–Crippen LogP) is 1.93. The van der Waals surface area contributed by atoms with Crippen molar-refractivity contribution in [2.45, 2.75) is 44.4 Å². The number of pyridine rings is 1. The fraction of sp³-hybridized carbons (Fsp3) is 0.526. The minimum absolute atomic E-state index is 0.0620. The second-order valence-electron chi connectivity index (χ2n) is 7.33. The fourth-order valence-corrected chi connectivity index (χ4v) is 3.99. The summed E-state index contributed by atoms with van der Waals surface area (Å²) in [4.78, 5) is 18.8. The standard InChI is InChI=1S/C19H24N4O3/c1-14-9-17(22-26-14)12-23-7-5-19(13-23)10-16(4-8-25-19)21-18(24)15-3-2-6-20-11-15/h2-3,6,9,11,16H,4-5,7-8,10,12-13H2,1H3,(H,21,24)/t16-,19-/m0/s1. The largest absolute Gasteiger partial charge is 0.373 e. The van der Waals surface area contributed by atoms with Gasteiger partial charge in [0.15, 0.2) is 0 Å². The van der Waals surface area contributed by atoms with Gasteiger partial charge in [-0.1, -0.05) is 5.16 Å². The summed E-state index contributed by atoms with van der Waals surface area (Å²) in [6.45, 7) is 5.18. The molecule has 4 heterocycles. The molecule has 0 unspecified atom stereocenters. The smallest absolute Gasteiger partial charge is 0.253 e. The van der Waals surface area contributed by atoms with Crippen LogP contribution in [0.5, 0.6) is 0 Å². The second kappa shape index (κ2) is 7.17. The zero-order valence-corrected chi connectivity index (χ0v) is 15.0. The van der Waals surface area contributed by atoms with Gasteiger partial charge in [-0.3, -0.25) is 14.7 Å². The molecule has 0 aromatic carbocycles. The van der Waals surface area contributed by atoms with E-state index in [1.807, 2.05) is 13.0 Å². The maximum Gasteiger partial charge on any atom is 0.253 e. The van der Waals surface area contributed by atoms with Crippen LogP contribution in [0.3, 0.4) is 0 Å². The van der Waals surface area contributed by atoms with Crippen LogP contribution >= 0.6 is 0 Å². The Morgan fingerprint density at radius 2 is 2.42 bits per heavy atom. The van der Waals surface area contributed by atoms with Crippen LogP contribution in [0.15, 0.2) is 35.1 Å². The first kappa shape index (κ1) is 17.2. The molecule has 1 N–H and O–H groups in total. The van der Waals surface area contributed by atoms with E-state index in [0.29, 0.717) is 12.2 Å². The monoisotopic (exact) mass is 356 g/mol. The van der Waals surface area contributed by atoms with Crippen LogP contribution in [-0.4, -0.2) is 52.3 Å². The lowest BCUT2D eigenvalue weighted by Crippen LogP contribution is -2.49. The Kier molecular flexibility index (Phi) is 4.74. The number of carbonyl (C=O) groups is 1. The Balaban J connectivity index is 1.35. The maximum absolute atomic E-state index is 12.4. The van der Waals surface area contributed by atoms with Gasteiger partial charge in [0.2, 0.25) is 0 Å². The van der Waals surface area contributed by atoms with Crippen LogP contribution in [0.4, 0.5) is 0 Å². The number of likely N-dealkylation sites (tertiary alicyclic amines) is 1. The minimum Gasteiger partial charge on any atom is -0.373 e. The molecule has 0 bridgehead atoms. The van der Waals surface area contributed by atoms with Gasteiger partial charge in [0.05, 0.1) is 16.9 Å². The van der Waals surface area contributed by atoms with Crippen molar-refractivity contribution < 1.29 is 14.1 Å². The number of rotatable bonds is 4. The Bertz CT molecular complexity index is 763. The molecule has 138 valence electrons. The number of hydrogen-bond acceptors (Lipinski definition) is 6. The van der Waals surface area contributed by atoms with Crippen molar-refractivity contribution in [3.8, 4) is 0 Å². The molecule has 26 heavy (non-hydrogen) atoms. The van der Waals surface area contributed by atoms with E-state index in [1.165, 1.54) is 0 Å². The lowest BCUT2D eigenvalue weighted by molar-refractivity contribution is -0.0793. The number of aryl methyl sites for hydroxylation is 1. The number of hydrogen-bond donors (Lipinski definition) is 1. The van der Waals surface area contributed by atoms with Gasteiger partial charge in [-0.05, 0) is 38.3 Å². The molecule has 4 rings (SSSR count). The van der Waals surface area contributed by atoms with E-state index < -0.39 is 0 Å². The summed E-state index contributed by atoms with van der Waals surface area (Å²) < 4.78 is 11.3. The zero-order valence-electron chi connectivity index (χ0n) is 15.0. The topological polar surface area (TPSA) is 80.5 Å². The minimum atomic E-state index is -0.177. The third-order valence-electron chi connectivity index (χ3n) is 5.21. The van der Waals surface area contributed by atoms with Gasteiger partial charge < -0.3 is 14.6 Å². The third-order valence-corrected chi connectivity index (χ3v) is 5.21. The highest BCUT2D eigenvalue weighted by atomic mass is 16.5. The van der Waals surface area contributed by atoms with Gasteiger partial charge >= 0.3 is 0 Å². The lowest BCUT2D eigenvalue weighted by Gasteiger charge is -2.38. The van der Waals surface area contributed by atoms with Gasteiger partial charge in [0.1, 0.15) is 5.76 Å². The van der Waals surface area contributed by atoms with Crippen molar-refractivity contribution >= 4 is 5.91 Å². The van der Waals surface area contributed by atoms with E-state index in [0.717, 1.165) is 50.4 Å². The zero-order chi connectivity index (χ0) is 18.0. The summed E-state index contributed by atoms with van der Waals surface area (Å²) in [6, 6.07) is 5.67. The van der Waals surface area contributed by atoms with Crippen LogP contribution in [0.2, 0.25) is 0 Å². The molecular weight excluding hydrogens is 332 g/mol. The first-order valence-electron chi connectivity index (χ1n) is 9.11. The fourth-order valence-electron chi connectivity index (χ4n) is 3.99. The van der Waals surface area contributed by atoms with E-state index in [1.54, 1.807) is 24.5 Å². The van der Waals surface area contributed by atoms with Crippen molar-refractivity contribution in [3.63, 3.8) is 0 Å². The van der Waals surface area contributed by atoms with Gasteiger partial charge in [0.25, 0.3) is 5.91 Å². The molecule has 2 fully saturated rings. The average molecular weight is 356 g/mol. The molecule has 2 atom stereocenters. The van der Waals surface area contributed by atoms with Crippen LogP contribution in [0, 0.1) is 6.92 Å². The summed E-state index contributed by atoms with van der Waals surface area (Å²) >= 11 is 0. The van der Waals surface area contributed by atoms with Crippen LogP contribution in [-0.2, 0) is 11.3 Å². The molecule has 2 aromatic rings. The van der Waals surface area contributed by atoms with Crippen molar-refractivity contribution in [3.05, 3.63) is 47.6 Å². The predicted molar refractivity (Wildman–Crippen MR) is 94.5 cm³/mol. The maximum atomic E-state index is 12.4. The molecule has 1 amide bonds. The summed E-state index contributed by atoms with van der Waals surface area (Å²) in [5.74, 6) is 0.772. The molecule has 7 nitrogen and oxygen atoms in total. The lowest BCUT2D eigenvalue weighted by atomic mass is 9.89. The number of nitrogens with one attached hydrogen (secondary N) is 1. The Morgan fingerprint density at radius 1 is 1.50 bits per heavy atom. The summed E-state index contributed by atoms with van der Waals surface area (Å²) in [6.07, 6.45) is 5.93. The van der Waals surface area contributed by atoms with E-state index >= 15 is 0 Å². The molecule has 2 aromatic heterocycles. The number of carbonyl (C=O) groups excluding carboxylic acids is 1. The Labute approximate surface area is 152 Å². The molecule has 1 spiro atoms. The SMILES string of the molecule is Cc1cc(CN2CC[C@]3(C[C@@H](NC(=O)c4cccnc4)CCO3)C2)no1. The number of amides is 1. The highest BCUT2D eigenvalue weighted by molar-refractivity contribution is 5.94. The third kappa shape index (κ3) is 3.78. The van der Waals surface area contributed by atoms with Crippen molar-refractivity contribution in [1.82, 2.24) is 20.4 Å². The van der Waals surface area contributed by atoms with Gasteiger partial charge in [-0.2, -0.15) is 0 Å². The van der Waals surface area contributed by atoms with Crippen LogP contribution in [0.25, 0.3) is 0 Å². The van der Waals surface area contributed by atoms with Gasteiger partial charge in [0, 0.05) is 50.7 Å². The van der Waals surface area contributed by atoms with E-state index in [9.17, 15) is 4.79 Å². The first-order valence-corrected chi connectivity index (χ1v) is 9.11. The van der Waals surface area contributed by atoms with Gasteiger partial charge in [-0.15, -0.1) is 0 Å². The molecular formula is C19H24N4O3. The van der Waals surface area contributed by atoms with Crippen molar-refractivity contribution in [1.29, 1.82) is 0 Å². The normalized spacial score (nSPS) is 26.3. The molecule has 2 aliphatic heterocycles. The Morgan fingerprint density at radius 3 is 3.19 bits per heavy atom. The Hall–Kier alpha value is -2.25. The van der Waals surface area contributed by atoms with E-state index in [4.69, 9.17) is 9.26 Å². The first-order chi connectivity index (χ1) is 12.6. The molecule has 0 radical (unpaired) electrons. The van der Waals surface area contributed by atoms with Crippen molar-refractivity contribution in [2.75, 3.05) is 19.7 Å². The quantitative estimate of drug-likeness (QED) is 0.902. The summed E-state index contributed by atoms with van der Waals surface area (Å²) in [7, 11) is 0. The average Bonchev–Trinajstić information content (AvgIpc) is 3.22. The highest BCUT2D eigenvalue weighted by Gasteiger charge is 2.43. The van der Waals surface area contributed by atoms with E-state index in [2.05, 4.69) is 20.4 Å². The molecule has 2 saturated heterocycles. The summed E-state index contributed by atoms with van der Waals surface area (Å²) in [5.41, 5.74) is 1.38. The molecule has 0 saturated carbocycles. The number of ether oxygens (including phenoxy) is 1. The molecule has 0 aliphatic carbocycles. The number of aromatic nitrogens is 2.